The third-order valence-electron chi connectivity index (χ3n) is 14.8. The van der Waals surface area contributed by atoms with E-state index in [-0.39, 0.29) is 40.3 Å². The monoisotopic (exact) mass is 625 g/mol. The van der Waals surface area contributed by atoms with Crippen LogP contribution in [-0.4, -0.2) is 46.2 Å². The van der Waals surface area contributed by atoms with Gasteiger partial charge >= 0.3 is 0 Å². The number of hydrogen-bond acceptors (Lipinski definition) is 5. The van der Waals surface area contributed by atoms with Crippen LogP contribution in [-0.2, 0) is 26.0 Å². The average Bonchev–Trinajstić information content (AvgIpc) is 3.70. The fourth-order valence-electron chi connectivity index (χ4n) is 13.2. The number of Topliss-reactive ketones (excluding diaryl/α,β-unsaturated/α-hetero) is 1. The summed E-state index contributed by atoms with van der Waals surface area (Å²) in [6.45, 7) is 22.4. The van der Waals surface area contributed by atoms with Crippen LogP contribution in [0.2, 0.25) is 0 Å². The number of carbonyl (C=O) groups excluding carboxylic acids is 1. The molecule has 7 aliphatic rings. The molecule has 3 fully saturated rings. The van der Waals surface area contributed by atoms with Crippen LogP contribution in [0.1, 0.15) is 132 Å². The van der Waals surface area contributed by atoms with E-state index < -0.39 is 23.3 Å². The van der Waals surface area contributed by atoms with Gasteiger partial charge in [-0.3, -0.25) is 4.79 Å². The number of benzene rings is 1. The van der Waals surface area contributed by atoms with Crippen molar-refractivity contribution in [2.75, 3.05) is 7.11 Å². The van der Waals surface area contributed by atoms with Crippen molar-refractivity contribution in [3.8, 4) is 0 Å². The van der Waals surface area contributed by atoms with Gasteiger partial charge in [-0.15, -0.1) is 0 Å². The summed E-state index contributed by atoms with van der Waals surface area (Å²) in [7, 11) is 1.78. The highest BCUT2D eigenvalue weighted by molar-refractivity contribution is 6.18. The molecule has 6 nitrogen and oxygen atoms in total. The Morgan fingerprint density at radius 3 is 2.54 bits per heavy atom. The molecule has 46 heavy (non-hydrogen) atoms. The summed E-state index contributed by atoms with van der Waals surface area (Å²) < 4.78 is 21.3. The van der Waals surface area contributed by atoms with Crippen LogP contribution in [0.4, 0.5) is 0 Å². The average molecular weight is 626 g/mol. The second kappa shape index (κ2) is 8.66. The van der Waals surface area contributed by atoms with Crippen LogP contribution in [0.15, 0.2) is 24.3 Å². The quantitative estimate of drug-likeness (QED) is 0.343. The molecule has 4 aliphatic carbocycles. The number of allylic oxidation sites excluding steroid dienone is 1. The minimum absolute atomic E-state index is 0.0440. The number of fused-ring (bicyclic) bond motifs is 13. The van der Waals surface area contributed by atoms with Crippen LogP contribution < -0.4 is 0 Å². The minimum Gasteiger partial charge on any atom is -0.388 e. The maximum absolute atomic E-state index is 14.8. The number of hydrogen-bond donors (Lipinski definition) is 1. The Balaban J connectivity index is 1.30. The second-order valence-electron chi connectivity index (χ2n) is 17.9. The lowest BCUT2D eigenvalue weighted by Gasteiger charge is -2.64. The summed E-state index contributed by atoms with van der Waals surface area (Å²) in [6.07, 6.45) is 8.02. The molecule has 0 bridgehead atoms. The van der Waals surface area contributed by atoms with E-state index in [1.807, 2.05) is 6.92 Å². The van der Waals surface area contributed by atoms with Gasteiger partial charge in [-0.25, -0.2) is 0 Å². The fourth-order valence-corrected chi connectivity index (χ4v) is 13.2. The van der Waals surface area contributed by atoms with E-state index in [0.717, 1.165) is 59.0 Å². The predicted octanol–water partition coefficient (Wildman–Crippen LogP) is 8.00. The molecule has 0 radical (unpaired) electrons. The molecular weight excluding hydrogens is 574 g/mol. The lowest BCUT2D eigenvalue weighted by Crippen LogP contribution is -2.61. The van der Waals surface area contributed by atoms with Gasteiger partial charge in [-0.2, -0.15) is 0 Å². The number of aliphatic hydroxyl groups is 1. The molecule has 6 heteroatoms. The Hall–Kier alpha value is -2.25. The zero-order valence-electron chi connectivity index (χ0n) is 29.2. The molecule has 2 aromatic rings. The molecule has 9 rings (SSSR count). The van der Waals surface area contributed by atoms with E-state index in [9.17, 15) is 9.90 Å². The Labute approximate surface area is 273 Å². The first-order valence-electron chi connectivity index (χ1n) is 17.7. The maximum atomic E-state index is 14.8. The number of aromatic nitrogens is 1. The molecule has 3 aliphatic heterocycles. The van der Waals surface area contributed by atoms with Gasteiger partial charge in [0.15, 0.2) is 12.1 Å². The molecule has 7 unspecified atom stereocenters. The Morgan fingerprint density at radius 1 is 1.11 bits per heavy atom. The summed E-state index contributed by atoms with van der Waals surface area (Å²) in [5.74, 6) is 0.887. The molecule has 1 aromatic carbocycles. The topological polar surface area (TPSA) is 69.9 Å². The highest BCUT2D eigenvalue weighted by Crippen LogP contribution is 2.73. The van der Waals surface area contributed by atoms with E-state index in [4.69, 9.17) is 14.2 Å². The van der Waals surface area contributed by atoms with Crippen LogP contribution in [0, 0.1) is 28.6 Å². The van der Waals surface area contributed by atoms with Crippen molar-refractivity contribution in [1.82, 2.24) is 4.57 Å². The first kappa shape index (κ1) is 29.9. The zero-order chi connectivity index (χ0) is 32.7. The third-order valence-corrected chi connectivity index (χ3v) is 14.8. The third kappa shape index (κ3) is 3.18. The summed E-state index contributed by atoms with van der Waals surface area (Å²) in [5.41, 5.74) is 7.37. The predicted molar refractivity (Wildman–Crippen MR) is 179 cm³/mol. The maximum Gasteiger partial charge on any atom is 0.192 e. The molecule has 1 N–H and O–H groups in total. The first-order valence-corrected chi connectivity index (χ1v) is 17.7. The summed E-state index contributed by atoms with van der Waals surface area (Å²) >= 11 is 0. The fraction of sp³-hybridized carbons (Fsp3) is 0.675. The van der Waals surface area contributed by atoms with E-state index in [0.29, 0.717) is 11.8 Å². The van der Waals surface area contributed by atoms with E-state index >= 15 is 0 Å². The number of carbonyl (C=O) groups is 1. The first-order chi connectivity index (χ1) is 21.5. The Bertz CT molecular complexity index is 1810. The van der Waals surface area contributed by atoms with Gasteiger partial charge in [0.1, 0.15) is 6.04 Å². The highest BCUT2D eigenvalue weighted by atomic mass is 16.7. The lowest BCUT2D eigenvalue weighted by atomic mass is 9.40. The SMILES string of the molecule is C=C(C)[C@H]1C(=O)c2c3c(cc4c5c(n1c24)C1(C)C(CCC2[C@]4(C)CC(OC)OC4CC[C@@]21C)C5)C1=CC(C)(C)OC(C)(C)C1C3O. The largest absolute Gasteiger partial charge is 0.388 e. The normalized spacial score (nSPS) is 43.9. The van der Waals surface area contributed by atoms with E-state index in [1.54, 1.807) is 7.11 Å². The second-order valence-corrected chi connectivity index (χ2v) is 17.9. The molecule has 1 aromatic heterocycles. The van der Waals surface area contributed by atoms with Gasteiger partial charge < -0.3 is 23.9 Å². The molecule has 4 heterocycles. The lowest BCUT2D eigenvalue weighted by molar-refractivity contribution is -0.163. The van der Waals surface area contributed by atoms with Crippen LogP contribution in [0.25, 0.3) is 16.5 Å². The molecule has 1 saturated heterocycles. The van der Waals surface area contributed by atoms with Crippen molar-refractivity contribution in [1.29, 1.82) is 0 Å². The zero-order valence-corrected chi connectivity index (χ0v) is 29.2. The minimum atomic E-state index is -0.802. The molecule has 2 saturated carbocycles. The Morgan fingerprint density at radius 2 is 1.85 bits per heavy atom. The number of aliphatic hydroxyl groups excluding tert-OH is 1. The number of methoxy groups -OCH3 is 1. The molecule has 10 atom stereocenters. The van der Waals surface area contributed by atoms with Gasteiger partial charge in [-0.05, 0) is 113 Å². The van der Waals surface area contributed by atoms with Gasteiger partial charge in [0.2, 0.25) is 0 Å². The van der Waals surface area contributed by atoms with Crippen LogP contribution in [0.3, 0.4) is 0 Å². The number of nitrogens with zero attached hydrogens (tertiary/aromatic N) is 1. The number of ketones is 1. The Kier molecular flexibility index (Phi) is 5.62. The summed E-state index contributed by atoms with van der Waals surface area (Å²) in [6, 6.07) is 1.91. The van der Waals surface area contributed by atoms with E-state index in [1.165, 1.54) is 29.5 Å². The van der Waals surface area contributed by atoms with Gasteiger partial charge in [0.05, 0.1) is 34.5 Å². The van der Waals surface area contributed by atoms with Gasteiger partial charge in [-0.1, -0.05) is 32.9 Å². The van der Waals surface area contributed by atoms with Crippen molar-refractivity contribution >= 4 is 22.3 Å². The molecule has 246 valence electrons. The van der Waals surface area contributed by atoms with Crippen LogP contribution in [0.5, 0.6) is 0 Å². The number of rotatable bonds is 2. The highest BCUT2D eigenvalue weighted by Gasteiger charge is 2.69. The standard InChI is InChI=1S/C40H51NO5/c1-19(2)31-34(43)29-28-21(24-17-36(3,4)46-37(5,6)30(24)33(28)42)16-22-23-15-20-11-12-25-38(7)18-27(44-10)45-26(38)13-14-39(25,8)40(20,9)35(23)41(31)32(22)29/h16-17,20,25-27,30-31,33,42H,1,11-15,18H2,2-10H3/t20?,25?,26?,27?,30?,31-,33?,38-,39-,40?/m0/s1. The summed E-state index contributed by atoms with van der Waals surface area (Å²) in [5, 5.41) is 13.3. The van der Waals surface area contributed by atoms with Crippen molar-refractivity contribution in [2.45, 2.75) is 135 Å². The van der Waals surface area contributed by atoms with Gasteiger partial charge in [0, 0.05) is 46.9 Å². The van der Waals surface area contributed by atoms with E-state index in [2.05, 4.69) is 71.8 Å². The number of ether oxygens (including phenoxy) is 3. The smallest absolute Gasteiger partial charge is 0.192 e. The van der Waals surface area contributed by atoms with Crippen molar-refractivity contribution in [3.63, 3.8) is 0 Å². The molecule has 0 amide bonds. The van der Waals surface area contributed by atoms with Crippen molar-refractivity contribution < 1.29 is 24.1 Å². The van der Waals surface area contributed by atoms with Crippen molar-refractivity contribution in [3.05, 3.63) is 52.2 Å². The summed E-state index contributed by atoms with van der Waals surface area (Å²) in [4.78, 5) is 14.8. The van der Waals surface area contributed by atoms with Crippen LogP contribution >= 0.6 is 0 Å². The van der Waals surface area contributed by atoms with Crippen molar-refractivity contribution in [2.24, 2.45) is 28.6 Å². The molecular formula is C40H51NO5. The molecule has 0 spiro atoms. The van der Waals surface area contributed by atoms with Gasteiger partial charge in [0.25, 0.3) is 0 Å².